The summed E-state index contributed by atoms with van der Waals surface area (Å²) in [4.78, 5) is 25.5. The maximum Gasteiger partial charge on any atom is 0.422 e. The molecule has 0 aromatic heterocycles. The number of amidine groups is 1. The number of likely N-dealkylation sites (tertiary alicyclic amines) is 1. The van der Waals surface area contributed by atoms with E-state index in [2.05, 4.69) is 10.4 Å². The number of carbonyl (C=O) groups excluding carboxylic acids is 2. The summed E-state index contributed by atoms with van der Waals surface area (Å²) in [6, 6.07) is 3.65. The average molecular weight is 533 g/mol. The summed E-state index contributed by atoms with van der Waals surface area (Å²) in [5, 5.41) is 7.48. The van der Waals surface area contributed by atoms with Gasteiger partial charge in [0, 0.05) is 26.1 Å². The van der Waals surface area contributed by atoms with E-state index in [9.17, 15) is 27.2 Å². The van der Waals surface area contributed by atoms with Gasteiger partial charge in [0.05, 0.1) is 22.0 Å². The topological polar surface area (TPSA) is 74.2 Å². The summed E-state index contributed by atoms with van der Waals surface area (Å²) in [6.07, 6.45) is -2.18. The number of piperidine rings is 1. The Hall–Kier alpha value is -3.41. The van der Waals surface area contributed by atoms with Crippen molar-refractivity contribution in [2.24, 2.45) is 5.10 Å². The van der Waals surface area contributed by atoms with Crippen molar-refractivity contribution in [1.82, 2.24) is 4.90 Å². The number of alkyl halides is 3. The van der Waals surface area contributed by atoms with Crippen LogP contribution >= 0.6 is 11.6 Å². The number of nitrogens with zero attached hydrogens (tertiary/aromatic N) is 3. The normalized spacial score (nSPS) is 15.1. The van der Waals surface area contributed by atoms with Gasteiger partial charge in [0.25, 0.3) is 5.91 Å². The number of halogens is 6. The van der Waals surface area contributed by atoms with Crippen LogP contribution in [0.5, 0.6) is 5.75 Å². The largest absolute Gasteiger partial charge is 0.483 e. The smallest absolute Gasteiger partial charge is 0.422 e. The molecule has 0 saturated carbocycles. The lowest BCUT2D eigenvalue weighted by atomic mass is 10.1. The Morgan fingerprint density at radius 2 is 1.97 bits per heavy atom. The van der Waals surface area contributed by atoms with Gasteiger partial charge in [0.15, 0.2) is 6.61 Å². The summed E-state index contributed by atoms with van der Waals surface area (Å²) >= 11 is 5.98. The SMILES string of the molecule is Cc1cc(F)cc(Cl)c1NC(=O)c1cc(F)c(N(C)/N=C2/CCCCN2C=O)cc1OCC(F)(F)F. The van der Waals surface area contributed by atoms with Gasteiger partial charge in [0.2, 0.25) is 6.41 Å². The molecule has 36 heavy (non-hydrogen) atoms. The molecule has 1 fully saturated rings. The molecule has 2 aromatic rings. The van der Waals surface area contributed by atoms with Crippen LogP contribution in [-0.2, 0) is 4.79 Å². The highest BCUT2D eigenvalue weighted by Gasteiger charge is 2.30. The highest BCUT2D eigenvalue weighted by Crippen LogP contribution is 2.33. The fraction of sp³-hybridized carbons (Fsp3) is 0.348. The van der Waals surface area contributed by atoms with Crippen molar-refractivity contribution in [3.05, 3.63) is 52.0 Å². The molecule has 3 rings (SSSR count). The summed E-state index contributed by atoms with van der Waals surface area (Å²) < 4.78 is 72.0. The number of nitrogens with one attached hydrogen (secondary N) is 1. The fourth-order valence-electron chi connectivity index (χ4n) is 3.57. The maximum atomic E-state index is 15.1. The lowest BCUT2D eigenvalue weighted by Gasteiger charge is -2.26. The lowest BCUT2D eigenvalue weighted by molar-refractivity contribution is -0.153. The zero-order valence-electron chi connectivity index (χ0n) is 19.3. The molecule has 0 aliphatic carbocycles. The summed E-state index contributed by atoms with van der Waals surface area (Å²) in [5.41, 5.74) is -0.591. The highest BCUT2D eigenvalue weighted by atomic mass is 35.5. The molecular formula is C23H22ClF5N4O3. The first kappa shape index (κ1) is 27.2. The zero-order chi connectivity index (χ0) is 26.6. The Morgan fingerprint density at radius 1 is 1.25 bits per heavy atom. The molecular weight excluding hydrogens is 511 g/mol. The molecule has 1 heterocycles. The molecule has 0 atom stereocenters. The minimum Gasteiger partial charge on any atom is -0.483 e. The Kier molecular flexibility index (Phi) is 8.39. The standard InChI is InChI=1S/C23H22ClF5N4O3/c1-13-7-14(25)8-16(24)21(13)30-22(35)15-9-17(26)18(10-19(15)36-11-23(27,28)29)32(2)31-20-5-3-4-6-33(20)12-34/h7-10,12H,3-6,11H2,1-2H3,(H,30,35)/b31-20-. The predicted molar refractivity (Wildman–Crippen MR) is 125 cm³/mol. The van der Waals surface area contributed by atoms with Crippen LogP contribution in [0.2, 0.25) is 5.02 Å². The second kappa shape index (κ2) is 11.1. The van der Waals surface area contributed by atoms with Crippen LogP contribution in [0.3, 0.4) is 0 Å². The van der Waals surface area contributed by atoms with E-state index in [1.54, 1.807) is 0 Å². The van der Waals surface area contributed by atoms with Crippen molar-refractivity contribution in [1.29, 1.82) is 0 Å². The summed E-state index contributed by atoms with van der Waals surface area (Å²) in [5.74, 6) is -2.88. The minimum absolute atomic E-state index is 0.00379. The number of hydrogen-bond donors (Lipinski definition) is 1. The molecule has 0 radical (unpaired) electrons. The third-order valence-electron chi connectivity index (χ3n) is 5.30. The highest BCUT2D eigenvalue weighted by molar-refractivity contribution is 6.34. The van der Waals surface area contributed by atoms with E-state index in [-0.39, 0.29) is 22.0 Å². The Labute approximate surface area is 208 Å². The van der Waals surface area contributed by atoms with E-state index >= 15 is 4.39 Å². The number of rotatable bonds is 7. The predicted octanol–water partition coefficient (Wildman–Crippen LogP) is 5.51. The molecule has 0 spiro atoms. The molecule has 1 saturated heterocycles. The van der Waals surface area contributed by atoms with E-state index in [4.69, 9.17) is 16.3 Å². The van der Waals surface area contributed by atoms with Gasteiger partial charge in [-0.3, -0.25) is 14.6 Å². The van der Waals surface area contributed by atoms with Crippen LogP contribution in [0.1, 0.15) is 35.2 Å². The van der Waals surface area contributed by atoms with E-state index in [0.717, 1.165) is 36.0 Å². The molecule has 2 aromatic carbocycles. The number of amides is 2. The van der Waals surface area contributed by atoms with Gasteiger partial charge in [0.1, 0.15) is 23.2 Å². The number of ether oxygens (including phenoxy) is 1. The Bertz CT molecular complexity index is 1170. The molecule has 1 aliphatic heterocycles. The molecule has 1 N–H and O–H groups in total. The molecule has 2 amide bonds. The quantitative estimate of drug-likeness (QED) is 0.290. The number of carbonyl (C=O) groups is 2. The molecule has 7 nitrogen and oxygen atoms in total. The third-order valence-corrected chi connectivity index (χ3v) is 5.60. The Balaban J connectivity index is 1.99. The van der Waals surface area contributed by atoms with Gasteiger partial charge in [-0.1, -0.05) is 11.6 Å². The van der Waals surface area contributed by atoms with Crippen molar-refractivity contribution in [3.8, 4) is 5.75 Å². The van der Waals surface area contributed by atoms with Crippen LogP contribution in [0.4, 0.5) is 33.3 Å². The number of hydrazone groups is 1. The van der Waals surface area contributed by atoms with Gasteiger partial charge >= 0.3 is 6.18 Å². The van der Waals surface area contributed by atoms with Gasteiger partial charge in [-0.25, -0.2) is 8.78 Å². The summed E-state index contributed by atoms with van der Waals surface area (Å²) in [6.45, 7) is 0.145. The fourth-order valence-corrected chi connectivity index (χ4v) is 3.87. The number of anilines is 2. The third kappa shape index (κ3) is 6.62. The molecule has 13 heteroatoms. The van der Waals surface area contributed by atoms with Crippen molar-refractivity contribution in [3.63, 3.8) is 0 Å². The first-order valence-corrected chi connectivity index (χ1v) is 11.1. The zero-order valence-corrected chi connectivity index (χ0v) is 20.0. The van der Waals surface area contributed by atoms with Crippen LogP contribution in [-0.4, -0.2) is 49.4 Å². The van der Waals surface area contributed by atoms with Crippen LogP contribution < -0.4 is 15.1 Å². The van der Waals surface area contributed by atoms with E-state index in [0.29, 0.717) is 31.3 Å². The number of benzene rings is 2. The van der Waals surface area contributed by atoms with Gasteiger partial charge in [-0.05, 0) is 43.5 Å². The van der Waals surface area contributed by atoms with Crippen LogP contribution in [0.15, 0.2) is 29.4 Å². The number of aryl methyl sites for hydroxylation is 1. The molecule has 0 bridgehead atoms. The summed E-state index contributed by atoms with van der Waals surface area (Å²) in [7, 11) is 1.35. The second-order valence-corrected chi connectivity index (χ2v) is 8.44. The van der Waals surface area contributed by atoms with Crippen LogP contribution in [0, 0.1) is 18.6 Å². The van der Waals surface area contributed by atoms with Gasteiger partial charge < -0.3 is 15.0 Å². The molecule has 194 valence electrons. The van der Waals surface area contributed by atoms with Crippen molar-refractivity contribution in [2.75, 3.05) is 30.5 Å². The van der Waals surface area contributed by atoms with E-state index in [1.165, 1.54) is 18.9 Å². The van der Waals surface area contributed by atoms with Crippen molar-refractivity contribution < 1.29 is 36.3 Å². The van der Waals surface area contributed by atoms with Crippen LogP contribution in [0.25, 0.3) is 0 Å². The maximum absolute atomic E-state index is 15.1. The first-order valence-electron chi connectivity index (χ1n) is 10.7. The molecule has 0 unspecified atom stereocenters. The van der Waals surface area contributed by atoms with E-state index < -0.39 is 41.6 Å². The first-order chi connectivity index (χ1) is 16.9. The lowest BCUT2D eigenvalue weighted by Crippen LogP contribution is -2.36. The van der Waals surface area contributed by atoms with Crippen molar-refractivity contribution in [2.45, 2.75) is 32.4 Å². The average Bonchev–Trinajstić information content (AvgIpc) is 2.79. The van der Waals surface area contributed by atoms with Gasteiger partial charge in [-0.15, -0.1) is 0 Å². The second-order valence-electron chi connectivity index (χ2n) is 8.03. The Morgan fingerprint density at radius 3 is 2.61 bits per heavy atom. The van der Waals surface area contributed by atoms with E-state index in [1.807, 2.05) is 0 Å². The number of hydrogen-bond acceptors (Lipinski definition) is 5. The van der Waals surface area contributed by atoms with Gasteiger partial charge in [-0.2, -0.15) is 18.3 Å². The molecule has 1 aliphatic rings. The monoisotopic (exact) mass is 532 g/mol. The minimum atomic E-state index is -4.74. The van der Waals surface area contributed by atoms with Crippen molar-refractivity contribution >= 4 is 41.1 Å².